The standard InChI is InChI=1S/C16H35NO6S/c1-13(2)7-9-21-15(3,4)8-10-22-16(5,6)11-14(18)12-24(19,20)23-17/h13-14,18H,7-12,17H2,1-6H3. The van der Waals surface area contributed by atoms with Gasteiger partial charge in [-0.2, -0.15) is 18.6 Å². The number of nitrogens with two attached hydrogens (primary N) is 1. The van der Waals surface area contributed by atoms with Crippen LogP contribution >= 0.6 is 0 Å². The van der Waals surface area contributed by atoms with Crippen molar-refractivity contribution < 1.29 is 27.3 Å². The fraction of sp³-hybridized carbons (Fsp3) is 1.00. The zero-order valence-electron chi connectivity index (χ0n) is 15.9. The summed E-state index contributed by atoms with van der Waals surface area (Å²) in [5.74, 6) is 4.71. The van der Waals surface area contributed by atoms with Gasteiger partial charge in [0, 0.05) is 13.0 Å². The highest BCUT2D eigenvalue weighted by molar-refractivity contribution is 7.86. The fourth-order valence-electron chi connectivity index (χ4n) is 2.18. The van der Waals surface area contributed by atoms with Crippen LogP contribution in [0, 0.1) is 5.92 Å². The predicted molar refractivity (Wildman–Crippen MR) is 93.8 cm³/mol. The monoisotopic (exact) mass is 369 g/mol. The molecule has 8 heteroatoms. The molecule has 0 aromatic rings. The second-order valence-corrected chi connectivity index (χ2v) is 9.47. The molecule has 0 spiro atoms. The van der Waals surface area contributed by atoms with Gasteiger partial charge in [-0.05, 0) is 46.5 Å². The third-order valence-electron chi connectivity index (χ3n) is 3.66. The molecule has 146 valence electrons. The van der Waals surface area contributed by atoms with E-state index < -0.39 is 27.6 Å². The normalized spacial score (nSPS) is 15.0. The highest BCUT2D eigenvalue weighted by Gasteiger charge is 2.28. The van der Waals surface area contributed by atoms with E-state index in [4.69, 9.17) is 9.47 Å². The second-order valence-electron chi connectivity index (χ2n) is 7.83. The van der Waals surface area contributed by atoms with Crippen LogP contribution in [0.1, 0.15) is 60.8 Å². The molecule has 0 bridgehead atoms. The molecule has 0 aromatic carbocycles. The van der Waals surface area contributed by atoms with Gasteiger partial charge in [-0.25, -0.2) is 0 Å². The maximum Gasteiger partial charge on any atom is 0.285 e. The van der Waals surface area contributed by atoms with Crippen LogP contribution in [0.5, 0.6) is 0 Å². The van der Waals surface area contributed by atoms with Crippen molar-refractivity contribution in [3.05, 3.63) is 0 Å². The molecule has 1 unspecified atom stereocenters. The summed E-state index contributed by atoms with van der Waals surface area (Å²) >= 11 is 0. The van der Waals surface area contributed by atoms with Gasteiger partial charge in [0.15, 0.2) is 0 Å². The van der Waals surface area contributed by atoms with E-state index in [1.807, 2.05) is 13.8 Å². The molecule has 0 radical (unpaired) electrons. The van der Waals surface area contributed by atoms with E-state index in [-0.39, 0.29) is 12.0 Å². The van der Waals surface area contributed by atoms with Gasteiger partial charge in [0.25, 0.3) is 10.1 Å². The first-order valence-electron chi connectivity index (χ1n) is 8.35. The molecular formula is C16H35NO6S. The van der Waals surface area contributed by atoms with Crippen LogP contribution in [-0.4, -0.2) is 49.8 Å². The van der Waals surface area contributed by atoms with Gasteiger partial charge in [-0.3, -0.25) is 0 Å². The Balaban J connectivity index is 4.23. The Bertz CT molecular complexity index is 447. The average molecular weight is 370 g/mol. The lowest BCUT2D eigenvalue weighted by Crippen LogP contribution is -2.36. The van der Waals surface area contributed by atoms with Gasteiger partial charge in [-0.1, -0.05) is 13.8 Å². The third-order valence-corrected chi connectivity index (χ3v) is 4.74. The third kappa shape index (κ3) is 12.2. The Labute approximate surface area is 146 Å². The summed E-state index contributed by atoms with van der Waals surface area (Å²) < 4.78 is 38.0. The molecule has 24 heavy (non-hydrogen) atoms. The summed E-state index contributed by atoms with van der Waals surface area (Å²) in [6.45, 7) is 13.1. The number of hydrogen-bond acceptors (Lipinski definition) is 7. The molecule has 0 rings (SSSR count). The van der Waals surface area contributed by atoms with Crippen molar-refractivity contribution in [2.75, 3.05) is 19.0 Å². The molecule has 1 atom stereocenters. The number of aliphatic hydroxyl groups is 1. The predicted octanol–water partition coefficient (Wildman–Crippen LogP) is 1.98. The first-order chi connectivity index (χ1) is 10.8. The van der Waals surface area contributed by atoms with E-state index in [0.29, 0.717) is 25.6 Å². The largest absolute Gasteiger partial charge is 0.392 e. The molecule has 7 nitrogen and oxygen atoms in total. The molecule has 0 aliphatic rings. The van der Waals surface area contributed by atoms with E-state index in [1.54, 1.807) is 13.8 Å². The summed E-state index contributed by atoms with van der Waals surface area (Å²) in [5.41, 5.74) is -0.960. The van der Waals surface area contributed by atoms with Crippen LogP contribution in [0.15, 0.2) is 0 Å². The van der Waals surface area contributed by atoms with E-state index in [2.05, 4.69) is 24.0 Å². The first-order valence-corrected chi connectivity index (χ1v) is 9.93. The number of aliphatic hydroxyl groups excluding tert-OH is 1. The molecule has 0 amide bonds. The average Bonchev–Trinajstić information content (AvgIpc) is 2.35. The van der Waals surface area contributed by atoms with Crippen LogP contribution in [0.3, 0.4) is 0 Å². The molecule has 0 heterocycles. The van der Waals surface area contributed by atoms with Crippen molar-refractivity contribution >= 4 is 10.1 Å². The number of ether oxygens (including phenoxy) is 2. The maximum atomic E-state index is 11.2. The number of hydrogen-bond donors (Lipinski definition) is 2. The maximum absolute atomic E-state index is 11.2. The summed E-state index contributed by atoms with van der Waals surface area (Å²) in [7, 11) is -3.90. The first kappa shape index (κ1) is 23.8. The molecule has 3 N–H and O–H groups in total. The highest BCUT2D eigenvalue weighted by Crippen LogP contribution is 2.22. The lowest BCUT2D eigenvalue weighted by molar-refractivity contribution is -0.0843. The molecule has 0 aromatic heterocycles. The van der Waals surface area contributed by atoms with E-state index >= 15 is 0 Å². The minimum absolute atomic E-state index is 0.157. The van der Waals surface area contributed by atoms with Gasteiger partial charge in [0.05, 0.1) is 23.9 Å². The zero-order chi connectivity index (χ0) is 19.0. The number of rotatable bonds is 13. The van der Waals surface area contributed by atoms with Crippen LogP contribution in [0.4, 0.5) is 0 Å². The van der Waals surface area contributed by atoms with Crippen molar-refractivity contribution in [2.24, 2.45) is 11.8 Å². The van der Waals surface area contributed by atoms with Crippen molar-refractivity contribution in [1.82, 2.24) is 0 Å². The molecule has 0 aliphatic carbocycles. The van der Waals surface area contributed by atoms with E-state index in [9.17, 15) is 13.5 Å². The topological polar surface area (TPSA) is 108 Å². The van der Waals surface area contributed by atoms with Gasteiger partial charge >= 0.3 is 0 Å². The van der Waals surface area contributed by atoms with Crippen LogP contribution in [0.25, 0.3) is 0 Å². The molecule has 0 fully saturated rings. The Morgan fingerprint density at radius 3 is 2.08 bits per heavy atom. The summed E-state index contributed by atoms with van der Waals surface area (Å²) in [6, 6.07) is 0. The van der Waals surface area contributed by atoms with Crippen LogP contribution in [0.2, 0.25) is 0 Å². The fourth-order valence-corrected chi connectivity index (χ4v) is 2.84. The van der Waals surface area contributed by atoms with E-state index in [1.165, 1.54) is 0 Å². The van der Waals surface area contributed by atoms with Crippen molar-refractivity contribution in [2.45, 2.75) is 78.1 Å². The van der Waals surface area contributed by atoms with Crippen molar-refractivity contribution in [3.63, 3.8) is 0 Å². The SMILES string of the molecule is CC(C)CCOC(C)(C)CCOC(C)(C)CC(O)CS(=O)(=O)ON. The Kier molecular flexibility index (Phi) is 9.93. The Morgan fingerprint density at radius 1 is 1.04 bits per heavy atom. The lowest BCUT2D eigenvalue weighted by atomic mass is 10.0. The van der Waals surface area contributed by atoms with Crippen molar-refractivity contribution in [3.8, 4) is 0 Å². The van der Waals surface area contributed by atoms with Gasteiger partial charge in [0.1, 0.15) is 5.75 Å². The molecular weight excluding hydrogens is 334 g/mol. The molecule has 0 saturated carbocycles. The Hall–Kier alpha value is -0.250. The highest BCUT2D eigenvalue weighted by atomic mass is 32.2. The van der Waals surface area contributed by atoms with Gasteiger partial charge < -0.3 is 14.6 Å². The summed E-state index contributed by atoms with van der Waals surface area (Å²) in [4.78, 5) is 0. The molecule has 0 aliphatic heterocycles. The van der Waals surface area contributed by atoms with Crippen LogP contribution in [-0.2, 0) is 23.9 Å². The Morgan fingerprint density at radius 2 is 1.58 bits per heavy atom. The van der Waals surface area contributed by atoms with Crippen LogP contribution < -0.4 is 5.90 Å². The minimum Gasteiger partial charge on any atom is -0.392 e. The van der Waals surface area contributed by atoms with Crippen molar-refractivity contribution in [1.29, 1.82) is 0 Å². The van der Waals surface area contributed by atoms with Gasteiger partial charge in [-0.15, -0.1) is 0 Å². The van der Waals surface area contributed by atoms with E-state index in [0.717, 1.165) is 6.42 Å². The quantitative estimate of drug-likeness (QED) is 0.478. The summed E-state index contributed by atoms with van der Waals surface area (Å²) in [6.07, 6.45) is 0.766. The zero-order valence-corrected chi connectivity index (χ0v) is 16.7. The summed E-state index contributed by atoms with van der Waals surface area (Å²) in [5, 5.41) is 9.86. The molecule has 0 saturated heterocycles. The minimum atomic E-state index is -3.90. The van der Waals surface area contributed by atoms with Gasteiger partial charge in [0.2, 0.25) is 0 Å². The lowest BCUT2D eigenvalue weighted by Gasteiger charge is -2.31. The smallest absolute Gasteiger partial charge is 0.285 e. The second kappa shape index (κ2) is 10.0.